The van der Waals surface area contributed by atoms with Crippen LogP contribution in [0.3, 0.4) is 0 Å². The van der Waals surface area contributed by atoms with E-state index >= 15 is 0 Å². The topological polar surface area (TPSA) is 41.6 Å². The minimum atomic E-state index is -0.318. The predicted molar refractivity (Wildman–Crippen MR) is 69.7 cm³/mol. The molecule has 0 unspecified atom stereocenters. The van der Waals surface area contributed by atoms with E-state index in [1.807, 2.05) is 20.8 Å². The lowest BCUT2D eigenvalue weighted by Crippen LogP contribution is -2.43. The number of hydrogen-bond donors (Lipinski definition) is 1. The molecule has 1 saturated heterocycles. The van der Waals surface area contributed by atoms with Crippen molar-refractivity contribution < 1.29 is 9.53 Å². The fourth-order valence-corrected chi connectivity index (χ4v) is 1.30. The van der Waals surface area contributed by atoms with Gasteiger partial charge >= 0.3 is 0 Å². The Kier molecular flexibility index (Phi) is 8.47. The van der Waals surface area contributed by atoms with E-state index in [0.717, 1.165) is 39.1 Å². The molecule has 98 valence electrons. The van der Waals surface area contributed by atoms with Crippen LogP contribution in [0.15, 0.2) is 0 Å². The van der Waals surface area contributed by atoms with E-state index in [0.29, 0.717) is 6.47 Å². The Morgan fingerprint density at radius 2 is 2.00 bits per heavy atom. The van der Waals surface area contributed by atoms with Crippen molar-refractivity contribution in [2.75, 3.05) is 32.7 Å². The van der Waals surface area contributed by atoms with E-state index in [-0.39, 0.29) is 5.60 Å². The van der Waals surface area contributed by atoms with Crippen molar-refractivity contribution in [3.8, 4) is 12.3 Å². The molecule has 1 fully saturated rings. The third-order valence-corrected chi connectivity index (χ3v) is 2.18. The standard InChI is InChI=1S/C8H14N2.C5H10O2/c1-2-3-6-10-7-4-9-5-8-10;1-5(2,3)7-4-6/h1,9H,3-8H2;4H,1-3H3. The highest BCUT2D eigenvalue weighted by Gasteiger charge is 2.07. The first-order valence-corrected chi connectivity index (χ1v) is 5.97. The van der Waals surface area contributed by atoms with Crippen molar-refractivity contribution in [1.82, 2.24) is 10.2 Å². The average molecular weight is 240 g/mol. The third kappa shape index (κ3) is 11.2. The predicted octanol–water partition coefficient (Wildman–Crippen LogP) is 0.873. The van der Waals surface area contributed by atoms with Crippen LogP contribution in [-0.2, 0) is 9.53 Å². The van der Waals surface area contributed by atoms with Crippen molar-refractivity contribution >= 4 is 6.47 Å². The summed E-state index contributed by atoms with van der Waals surface area (Å²) in [6, 6.07) is 0. The van der Waals surface area contributed by atoms with Gasteiger partial charge in [0.25, 0.3) is 6.47 Å². The Morgan fingerprint density at radius 3 is 2.35 bits per heavy atom. The van der Waals surface area contributed by atoms with Crippen molar-refractivity contribution in [2.45, 2.75) is 32.8 Å². The number of carbonyl (C=O) groups is 1. The first-order valence-electron chi connectivity index (χ1n) is 5.97. The normalized spacial score (nSPS) is 16.4. The van der Waals surface area contributed by atoms with Crippen LogP contribution in [0.25, 0.3) is 0 Å². The summed E-state index contributed by atoms with van der Waals surface area (Å²) in [6.07, 6.45) is 6.04. The van der Waals surface area contributed by atoms with Gasteiger partial charge in [0.1, 0.15) is 5.60 Å². The first-order chi connectivity index (χ1) is 7.99. The van der Waals surface area contributed by atoms with Gasteiger partial charge in [-0.3, -0.25) is 9.69 Å². The molecule has 4 heteroatoms. The van der Waals surface area contributed by atoms with Crippen LogP contribution < -0.4 is 5.32 Å². The Labute approximate surface area is 105 Å². The van der Waals surface area contributed by atoms with Gasteiger partial charge in [0.05, 0.1) is 0 Å². The lowest BCUT2D eigenvalue weighted by molar-refractivity contribution is -0.138. The summed E-state index contributed by atoms with van der Waals surface area (Å²) in [6.45, 7) is 11.5. The minimum absolute atomic E-state index is 0.318. The monoisotopic (exact) mass is 240 g/mol. The van der Waals surface area contributed by atoms with Crippen LogP contribution in [0.5, 0.6) is 0 Å². The van der Waals surface area contributed by atoms with E-state index in [4.69, 9.17) is 6.42 Å². The van der Waals surface area contributed by atoms with Gasteiger partial charge in [-0.15, -0.1) is 12.3 Å². The Morgan fingerprint density at radius 1 is 1.41 bits per heavy atom. The Balaban J connectivity index is 0.000000325. The molecule has 1 heterocycles. The summed E-state index contributed by atoms with van der Waals surface area (Å²) in [5, 5.41) is 3.30. The van der Waals surface area contributed by atoms with Crippen molar-refractivity contribution in [3.63, 3.8) is 0 Å². The number of ether oxygens (including phenoxy) is 1. The van der Waals surface area contributed by atoms with Crippen molar-refractivity contribution in [2.24, 2.45) is 0 Å². The maximum atomic E-state index is 9.60. The number of rotatable bonds is 3. The highest BCUT2D eigenvalue weighted by molar-refractivity contribution is 5.37. The van der Waals surface area contributed by atoms with E-state index in [1.165, 1.54) is 0 Å². The average Bonchev–Trinajstić information content (AvgIpc) is 2.27. The fraction of sp³-hybridized carbons (Fsp3) is 0.769. The fourth-order valence-electron chi connectivity index (χ4n) is 1.30. The third-order valence-electron chi connectivity index (χ3n) is 2.18. The second kappa shape index (κ2) is 9.03. The van der Waals surface area contributed by atoms with E-state index in [9.17, 15) is 4.79 Å². The first kappa shape index (κ1) is 16.0. The summed E-state index contributed by atoms with van der Waals surface area (Å²) in [7, 11) is 0. The maximum Gasteiger partial charge on any atom is 0.293 e. The molecule has 0 amide bonds. The van der Waals surface area contributed by atoms with Crippen LogP contribution in [0, 0.1) is 12.3 Å². The molecule has 0 radical (unpaired) electrons. The van der Waals surface area contributed by atoms with E-state index < -0.39 is 0 Å². The van der Waals surface area contributed by atoms with Gasteiger partial charge in [0.2, 0.25) is 0 Å². The van der Waals surface area contributed by atoms with Crippen LogP contribution >= 0.6 is 0 Å². The highest BCUT2D eigenvalue weighted by Crippen LogP contribution is 2.02. The number of nitrogens with zero attached hydrogens (tertiary/aromatic N) is 1. The second-order valence-electron chi connectivity index (χ2n) is 4.87. The molecule has 0 aliphatic carbocycles. The van der Waals surface area contributed by atoms with Gasteiger partial charge in [-0.2, -0.15) is 0 Å². The second-order valence-corrected chi connectivity index (χ2v) is 4.87. The van der Waals surface area contributed by atoms with Gasteiger partial charge in [-0.1, -0.05) is 0 Å². The molecule has 1 rings (SSSR count). The molecular weight excluding hydrogens is 216 g/mol. The van der Waals surface area contributed by atoms with Crippen LogP contribution in [0.4, 0.5) is 0 Å². The lowest BCUT2D eigenvalue weighted by Gasteiger charge is -2.26. The zero-order valence-corrected chi connectivity index (χ0v) is 11.2. The quantitative estimate of drug-likeness (QED) is 0.587. The summed E-state index contributed by atoms with van der Waals surface area (Å²) < 4.78 is 4.55. The summed E-state index contributed by atoms with van der Waals surface area (Å²) in [5.74, 6) is 2.65. The van der Waals surface area contributed by atoms with Gasteiger partial charge in [-0.25, -0.2) is 0 Å². The molecule has 4 nitrogen and oxygen atoms in total. The molecule has 0 aromatic heterocycles. The van der Waals surface area contributed by atoms with Gasteiger partial charge < -0.3 is 10.1 Å². The number of terminal acetylenes is 1. The number of nitrogens with one attached hydrogen (secondary N) is 1. The lowest BCUT2D eigenvalue weighted by atomic mass is 10.2. The molecule has 0 aromatic carbocycles. The molecule has 0 spiro atoms. The SMILES string of the molecule is C#CCCN1CCNCC1.CC(C)(C)OC=O. The largest absolute Gasteiger partial charge is 0.462 e. The Bertz CT molecular complexity index is 235. The van der Waals surface area contributed by atoms with Gasteiger partial charge in [-0.05, 0) is 20.8 Å². The smallest absolute Gasteiger partial charge is 0.293 e. The van der Waals surface area contributed by atoms with E-state index in [2.05, 4.69) is 20.9 Å². The van der Waals surface area contributed by atoms with Crippen molar-refractivity contribution in [1.29, 1.82) is 0 Å². The molecule has 0 bridgehead atoms. The molecule has 0 saturated carbocycles. The molecular formula is C13H24N2O2. The molecule has 1 aliphatic rings. The van der Waals surface area contributed by atoms with Crippen LogP contribution in [0.1, 0.15) is 27.2 Å². The number of piperazine rings is 1. The maximum absolute atomic E-state index is 9.60. The zero-order chi connectivity index (χ0) is 13.1. The van der Waals surface area contributed by atoms with Gasteiger partial charge in [0.15, 0.2) is 0 Å². The summed E-state index contributed by atoms with van der Waals surface area (Å²) in [5.41, 5.74) is -0.318. The van der Waals surface area contributed by atoms with Gasteiger partial charge in [0, 0.05) is 39.1 Å². The minimum Gasteiger partial charge on any atom is -0.462 e. The van der Waals surface area contributed by atoms with E-state index in [1.54, 1.807) is 0 Å². The number of carbonyl (C=O) groups excluding carboxylic acids is 1. The van der Waals surface area contributed by atoms with Crippen LogP contribution in [0.2, 0.25) is 0 Å². The van der Waals surface area contributed by atoms with Crippen LogP contribution in [-0.4, -0.2) is 49.7 Å². The molecule has 17 heavy (non-hydrogen) atoms. The molecule has 0 atom stereocenters. The molecule has 0 aromatic rings. The summed E-state index contributed by atoms with van der Waals surface area (Å²) in [4.78, 5) is 12.0. The highest BCUT2D eigenvalue weighted by atomic mass is 16.5. The number of hydrogen-bond acceptors (Lipinski definition) is 4. The zero-order valence-electron chi connectivity index (χ0n) is 11.2. The molecule has 1 aliphatic heterocycles. The summed E-state index contributed by atoms with van der Waals surface area (Å²) >= 11 is 0. The molecule has 1 N–H and O–H groups in total. The Hall–Kier alpha value is -1.05. The van der Waals surface area contributed by atoms with Crippen molar-refractivity contribution in [3.05, 3.63) is 0 Å².